The van der Waals surface area contributed by atoms with Crippen molar-refractivity contribution in [3.05, 3.63) is 46.1 Å². The van der Waals surface area contributed by atoms with Gasteiger partial charge in [-0.05, 0) is 30.0 Å². The molecule has 0 fully saturated rings. The van der Waals surface area contributed by atoms with Crippen molar-refractivity contribution in [3.8, 4) is 0 Å². The summed E-state index contributed by atoms with van der Waals surface area (Å²) in [4.78, 5) is 28.9. The normalized spacial score (nSPS) is 21.0. The molecule has 28 heavy (non-hydrogen) atoms. The first-order valence-electron chi connectivity index (χ1n) is 8.91. The number of halogens is 1. The van der Waals surface area contributed by atoms with Gasteiger partial charge >= 0.3 is 5.97 Å². The molecule has 2 heterocycles. The largest absolute Gasteiger partial charge is 0.468 e. The molecule has 0 radical (unpaired) electrons. The molecule has 1 aromatic heterocycles. The molecule has 4 rings (SSSR count). The van der Waals surface area contributed by atoms with Crippen LogP contribution in [0.2, 0.25) is 5.02 Å². The number of ether oxygens (including phenoxy) is 1. The van der Waals surface area contributed by atoms with E-state index in [9.17, 15) is 9.59 Å². The van der Waals surface area contributed by atoms with Crippen LogP contribution in [-0.4, -0.2) is 39.4 Å². The van der Waals surface area contributed by atoms with Gasteiger partial charge in [-0.2, -0.15) is 4.98 Å². The van der Waals surface area contributed by atoms with E-state index in [1.54, 1.807) is 16.8 Å². The highest BCUT2D eigenvalue weighted by molar-refractivity contribution is 7.99. The van der Waals surface area contributed by atoms with Crippen molar-refractivity contribution in [2.75, 3.05) is 18.2 Å². The molecule has 2 aliphatic rings. The molecule has 9 heteroatoms. The number of fused-ring (bicyclic) bond motifs is 1. The molecule has 1 aliphatic heterocycles. The average molecular weight is 419 g/mol. The van der Waals surface area contributed by atoms with Gasteiger partial charge in [0.1, 0.15) is 6.04 Å². The van der Waals surface area contributed by atoms with Crippen LogP contribution in [0.4, 0.5) is 5.95 Å². The number of rotatable bonds is 4. The van der Waals surface area contributed by atoms with Gasteiger partial charge in [-0.1, -0.05) is 42.4 Å². The molecular formula is C19H19ClN4O3S. The second-order valence-corrected chi connectivity index (χ2v) is 8.31. The number of aromatic nitrogens is 3. The van der Waals surface area contributed by atoms with Gasteiger partial charge in [0.15, 0.2) is 5.78 Å². The predicted octanol–water partition coefficient (Wildman–Crippen LogP) is 3.46. The van der Waals surface area contributed by atoms with E-state index < -0.39 is 0 Å². The number of thioether (sulfide) groups is 1. The highest BCUT2D eigenvalue weighted by Gasteiger charge is 2.38. The lowest BCUT2D eigenvalue weighted by Crippen LogP contribution is -2.33. The van der Waals surface area contributed by atoms with Crippen LogP contribution in [0.15, 0.2) is 40.7 Å². The molecule has 146 valence electrons. The number of Topliss-reactive ketones (excluding diaryl/α,β-unsaturated/α-hetero) is 1. The third kappa shape index (κ3) is 3.54. The fourth-order valence-electron chi connectivity index (χ4n) is 3.58. The smallest absolute Gasteiger partial charge is 0.316 e. The summed E-state index contributed by atoms with van der Waals surface area (Å²) < 4.78 is 6.39. The number of hydrogen-bond donors (Lipinski definition) is 1. The lowest BCUT2D eigenvalue weighted by atomic mass is 9.81. The lowest BCUT2D eigenvalue weighted by molar-refractivity contribution is -0.137. The van der Waals surface area contributed by atoms with E-state index in [0.717, 1.165) is 23.3 Å². The number of esters is 1. The Kier molecular flexibility index (Phi) is 5.16. The summed E-state index contributed by atoms with van der Waals surface area (Å²) >= 11 is 7.25. The van der Waals surface area contributed by atoms with Crippen molar-refractivity contribution in [2.24, 2.45) is 5.92 Å². The number of carbonyl (C=O) groups is 2. The Morgan fingerprint density at radius 1 is 1.36 bits per heavy atom. The van der Waals surface area contributed by atoms with E-state index in [4.69, 9.17) is 11.6 Å². The Morgan fingerprint density at radius 2 is 2.11 bits per heavy atom. The predicted molar refractivity (Wildman–Crippen MR) is 106 cm³/mol. The van der Waals surface area contributed by atoms with Gasteiger partial charge < -0.3 is 10.1 Å². The van der Waals surface area contributed by atoms with E-state index in [1.165, 1.54) is 18.9 Å². The molecule has 0 amide bonds. The molecule has 7 nitrogen and oxygen atoms in total. The van der Waals surface area contributed by atoms with Crippen LogP contribution >= 0.6 is 23.4 Å². The Morgan fingerprint density at radius 3 is 2.82 bits per heavy atom. The fraction of sp³-hybridized carbons (Fsp3) is 0.368. The molecule has 2 unspecified atom stereocenters. The molecule has 0 spiro atoms. The maximum absolute atomic E-state index is 12.9. The van der Waals surface area contributed by atoms with Gasteiger partial charge in [0.2, 0.25) is 11.1 Å². The van der Waals surface area contributed by atoms with E-state index in [-0.39, 0.29) is 29.5 Å². The number of methoxy groups -OCH3 is 1. The summed E-state index contributed by atoms with van der Waals surface area (Å²) in [5.41, 5.74) is 2.53. The number of hydrogen-bond acceptors (Lipinski definition) is 7. The second-order valence-electron chi connectivity index (χ2n) is 6.94. The molecule has 0 saturated heterocycles. The van der Waals surface area contributed by atoms with Crippen molar-refractivity contribution in [1.29, 1.82) is 0 Å². The first-order chi connectivity index (χ1) is 13.5. The molecule has 0 bridgehead atoms. The number of benzene rings is 1. The molecule has 1 N–H and O–H groups in total. The maximum Gasteiger partial charge on any atom is 0.316 e. The van der Waals surface area contributed by atoms with Gasteiger partial charge in [0.25, 0.3) is 0 Å². The van der Waals surface area contributed by atoms with Gasteiger partial charge in [0, 0.05) is 22.7 Å². The van der Waals surface area contributed by atoms with Crippen molar-refractivity contribution in [1.82, 2.24) is 14.8 Å². The SMILES string of the molecule is COC(=O)CSc1nc2n(n1)C(c1ccc(Cl)cc1)C1=C(CC(C)CC1=O)N2. The minimum Gasteiger partial charge on any atom is -0.468 e. The van der Waals surface area contributed by atoms with Crippen LogP contribution in [0.1, 0.15) is 31.4 Å². The van der Waals surface area contributed by atoms with E-state index in [1.807, 2.05) is 12.1 Å². The zero-order chi connectivity index (χ0) is 19.8. The molecule has 2 atom stereocenters. The van der Waals surface area contributed by atoms with Crippen LogP contribution < -0.4 is 5.32 Å². The third-order valence-corrected chi connectivity index (χ3v) is 5.90. The van der Waals surface area contributed by atoms with Gasteiger partial charge in [-0.25, -0.2) is 4.68 Å². The number of carbonyl (C=O) groups excluding carboxylic acids is 2. The summed E-state index contributed by atoms with van der Waals surface area (Å²) in [7, 11) is 1.34. The van der Waals surface area contributed by atoms with Crippen LogP contribution in [0.25, 0.3) is 0 Å². The zero-order valence-electron chi connectivity index (χ0n) is 15.4. The summed E-state index contributed by atoms with van der Waals surface area (Å²) in [6.07, 6.45) is 1.29. The monoisotopic (exact) mass is 418 g/mol. The second kappa shape index (κ2) is 7.60. The number of allylic oxidation sites excluding steroid dienone is 2. The zero-order valence-corrected chi connectivity index (χ0v) is 17.0. The quantitative estimate of drug-likeness (QED) is 0.601. The van der Waals surface area contributed by atoms with Crippen molar-refractivity contribution >= 4 is 41.1 Å². The molecule has 0 saturated carbocycles. The standard InChI is InChI=1S/C19H19ClN4O3S/c1-10-7-13-16(14(25)8-10)17(11-3-5-12(20)6-4-11)24-18(21-13)22-19(23-24)28-9-15(26)27-2/h3-6,10,17H,7-9H2,1-2H3,(H,21,22,23). The summed E-state index contributed by atoms with van der Waals surface area (Å²) in [5.74, 6) is 0.724. The average Bonchev–Trinajstić information content (AvgIpc) is 3.07. The Bertz CT molecular complexity index is 970. The van der Waals surface area contributed by atoms with Crippen LogP contribution in [0, 0.1) is 5.92 Å². The van der Waals surface area contributed by atoms with Gasteiger partial charge in [-0.15, -0.1) is 5.10 Å². The minimum absolute atomic E-state index is 0.117. The van der Waals surface area contributed by atoms with Crippen LogP contribution in [-0.2, 0) is 14.3 Å². The summed E-state index contributed by atoms with van der Waals surface area (Å²) in [6, 6.07) is 7.04. The molecule has 2 aromatic rings. The third-order valence-electron chi connectivity index (χ3n) is 4.84. The summed E-state index contributed by atoms with van der Waals surface area (Å²) in [6.45, 7) is 2.07. The topological polar surface area (TPSA) is 86.1 Å². The Balaban J connectivity index is 1.76. The van der Waals surface area contributed by atoms with Crippen molar-refractivity contribution < 1.29 is 14.3 Å². The molecule has 1 aromatic carbocycles. The first kappa shape index (κ1) is 19.0. The molecule has 1 aliphatic carbocycles. The highest BCUT2D eigenvalue weighted by Crippen LogP contribution is 2.42. The maximum atomic E-state index is 12.9. The minimum atomic E-state index is -0.372. The number of nitrogens with one attached hydrogen (secondary N) is 1. The van der Waals surface area contributed by atoms with E-state index in [2.05, 4.69) is 27.1 Å². The van der Waals surface area contributed by atoms with Crippen LogP contribution in [0.3, 0.4) is 0 Å². The fourth-order valence-corrected chi connectivity index (χ4v) is 4.37. The van der Waals surface area contributed by atoms with Crippen molar-refractivity contribution in [3.63, 3.8) is 0 Å². The first-order valence-corrected chi connectivity index (χ1v) is 10.3. The Hall–Kier alpha value is -2.32. The van der Waals surface area contributed by atoms with Crippen molar-refractivity contribution in [2.45, 2.75) is 31.0 Å². The molecular weight excluding hydrogens is 400 g/mol. The highest BCUT2D eigenvalue weighted by atomic mass is 35.5. The number of ketones is 1. The van der Waals surface area contributed by atoms with E-state index >= 15 is 0 Å². The lowest BCUT2D eigenvalue weighted by Gasteiger charge is -2.34. The van der Waals surface area contributed by atoms with E-state index in [0.29, 0.717) is 22.5 Å². The van der Waals surface area contributed by atoms with Crippen LogP contribution in [0.5, 0.6) is 0 Å². The van der Waals surface area contributed by atoms with Gasteiger partial charge in [0.05, 0.1) is 12.9 Å². The number of nitrogens with zero attached hydrogens (tertiary/aromatic N) is 3. The number of anilines is 1. The Labute approximate surface area is 171 Å². The summed E-state index contributed by atoms with van der Waals surface area (Å²) in [5, 5.41) is 8.93. The van der Waals surface area contributed by atoms with Gasteiger partial charge in [-0.3, -0.25) is 9.59 Å².